The Bertz CT molecular complexity index is 193. The van der Waals surface area contributed by atoms with Crippen molar-refractivity contribution in [1.29, 1.82) is 0 Å². The maximum absolute atomic E-state index is 3.79. The van der Waals surface area contributed by atoms with Crippen LogP contribution in [0.5, 0.6) is 0 Å². The van der Waals surface area contributed by atoms with E-state index in [9.17, 15) is 0 Å². The summed E-state index contributed by atoms with van der Waals surface area (Å²) >= 11 is 0. The van der Waals surface area contributed by atoms with Gasteiger partial charge >= 0.3 is 0 Å². The molecular weight excluding hydrogens is 184 g/mol. The summed E-state index contributed by atoms with van der Waals surface area (Å²) in [6.07, 6.45) is 6.98. The van der Waals surface area contributed by atoms with Crippen LogP contribution in [0.3, 0.4) is 0 Å². The van der Waals surface area contributed by atoms with Crippen LogP contribution in [0.25, 0.3) is 0 Å². The largest absolute Gasteiger partial charge is 0.312 e. The lowest BCUT2D eigenvalue weighted by atomic mass is 9.98. The van der Waals surface area contributed by atoms with Gasteiger partial charge in [-0.15, -0.1) is 0 Å². The van der Waals surface area contributed by atoms with Gasteiger partial charge in [0.25, 0.3) is 0 Å². The Morgan fingerprint density at radius 3 is 2.93 bits per heavy atom. The molecule has 15 heavy (non-hydrogen) atoms. The highest BCUT2D eigenvalue weighted by Crippen LogP contribution is 2.27. The zero-order chi connectivity index (χ0) is 10.7. The van der Waals surface area contributed by atoms with Gasteiger partial charge in [-0.3, -0.25) is 4.90 Å². The van der Waals surface area contributed by atoms with Crippen molar-refractivity contribution in [3.05, 3.63) is 0 Å². The normalized spacial score (nSPS) is 34.0. The lowest BCUT2D eigenvalue weighted by Crippen LogP contribution is -2.45. The number of fused-ring (bicyclic) bond motifs is 1. The molecule has 2 heteroatoms. The molecule has 2 nitrogen and oxygen atoms in total. The van der Waals surface area contributed by atoms with Gasteiger partial charge in [-0.25, -0.2) is 0 Å². The first kappa shape index (κ1) is 11.4. The minimum atomic E-state index is 0.791. The van der Waals surface area contributed by atoms with E-state index in [0.29, 0.717) is 0 Å². The Morgan fingerprint density at radius 2 is 2.13 bits per heavy atom. The lowest BCUT2D eigenvalue weighted by molar-refractivity contribution is 0.179. The Labute approximate surface area is 94.4 Å². The number of piperidine rings is 1. The van der Waals surface area contributed by atoms with Crippen LogP contribution < -0.4 is 5.32 Å². The molecule has 0 spiro atoms. The van der Waals surface area contributed by atoms with E-state index in [-0.39, 0.29) is 0 Å². The van der Waals surface area contributed by atoms with Crippen molar-refractivity contribution in [2.75, 3.05) is 19.6 Å². The molecule has 2 aliphatic rings. The van der Waals surface area contributed by atoms with E-state index >= 15 is 0 Å². The number of rotatable bonds is 4. The third kappa shape index (κ3) is 2.73. The summed E-state index contributed by atoms with van der Waals surface area (Å²) in [5.41, 5.74) is 0. The highest BCUT2D eigenvalue weighted by atomic mass is 15.2. The van der Waals surface area contributed by atoms with Crippen LogP contribution in [0.4, 0.5) is 0 Å². The van der Waals surface area contributed by atoms with Crippen LogP contribution in [0.2, 0.25) is 0 Å². The van der Waals surface area contributed by atoms with Crippen LogP contribution in [-0.4, -0.2) is 36.6 Å². The van der Waals surface area contributed by atoms with Crippen molar-refractivity contribution in [1.82, 2.24) is 10.2 Å². The standard InChI is InChI=1S/C13H26N2/c1-3-11(2)10-14-12-7-9-15-8-5-4-6-13(12)15/h11-14H,3-10H2,1-2H3. The monoisotopic (exact) mass is 210 g/mol. The van der Waals surface area contributed by atoms with Crippen molar-refractivity contribution < 1.29 is 0 Å². The average Bonchev–Trinajstić information content (AvgIpc) is 2.69. The molecule has 0 aromatic rings. The van der Waals surface area contributed by atoms with E-state index in [1.54, 1.807) is 0 Å². The predicted molar refractivity (Wildman–Crippen MR) is 65.1 cm³/mol. The molecule has 2 saturated heterocycles. The molecule has 0 amide bonds. The van der Waals surface area contributed by atoms with Gasteiger partial charge in [-0.2, -0.15) is 0 Å². The van der Waals surface area contributed by atoms with E-state index in [4.69, 9.17) is 0 Å². The zero-order valence-electron chi connectivity index (χ0n) is 10.3. The second-order valence-electron chi connectivity index (χ2n) is 5.42. The topological polar surface area (TPSA) is 15.3 Å². The summed E-state index contributed by atoms with van der Waals surface area (Å²) in [4.78, 5) is 2.71. The number of nitrogens with zero attached hydrogens (tertiary/aromatic N) is 1. The SMILES string of the molecule is CCC(C)CNC1CCN2CCCCC12. The quantitative estimate of drug-likeness (QED) is 0.765. The molecule has 2 heterocycles. The fraction of sp³-hybridized carbons (Fsp3) is 1.00. The molecule has 0 radical (unpaired) electrons. The first-order valence-electron chi connectivity index (χ1n) is 6.78. The third-order valence-electron chi connectivity index (χ3n) is 4.28. The smallest absolute Gasteiger partial charge is 0.0249 e. The van der Waals surface area contributed by atoms with Gasteiger partial charge in [-0.05, 0) is 38.3 Å². The second kappa shape index (κ2) is 5.31. The predicted octanol–water partition coefficient (Wildman–Crippen LogP) is 2.25. The fourth-order valence-electron chi connectivity index (χ4n) is 2.98. The maximum Gasteiger partial charge on any atom is 0.0249 e. The highest BCUT2D eigenvalue weighted by molar-refractivity contribution is 4.93. The summed E-state index contributed by atoms with van der Waals surface area (Å²) < 4.78 is 0. The minimum absolute atomic E-state index is 0.791. The van der Waals surface area contributed by atoms with Crippen LogP contribution in [-0.2, 0) is 0 Å². The summed E-state index contributed by atoms with van der Waals surface area (Å²) in [6, 6.07) is 1.65. The summed E-state index contributed by atoms with van der Waals surface area (Å²) in [7, 11) is 0. The van der Waals surface area contributed by atoms with Crippen LogP contribution in [0.15, 0.2) is 0 Å². The molecule has 0 aliphatic carbocycles. The Balaban J connectivity index is 1.78. The molecule has 0 aromatic heterocycles. The Hall–Kier alpha value is -0.0800. The van der Waals surface area contributed by atoms with Crippen molar-refractivity contribution in [2.24, 2.45) is 5.92 Å². The van der Waals surface area contributed by atoms with Gasteiger partial charge in [0.15, 0.2) is 0 Å². The summed E-state index contributed by atoms with van der Waals surface area (Å²) in [5, 5.41) is 3.79. The van der Waals surface area contributed by atoms with E-state index < -0.39 is 0 Å². The molecule has 3 atom stereocenters. The highest BCUT2D eigenvalue weighted by Gasteiger charge is 2.34. The van der Waals surface area contributed by atoms with Crippen molar-refractivity contribution >= 4 is 0 Å². The Morgan fingerprint density at radius 1 is 1.27 bits per heavy atom. The third-order valence-corrected chi connectivity index (χ3v) is 4.28. The molecule has 3 unspecified atom stereocenters. The van der Waals surface area contributed by atoms with Gasteiger partial charge in [0.05, 0.1) is 0 Å². The molecule has 2 fully saturated rings. The van der Waals surface area contributed by atoms with Gasteiger partial charge in [0.2, 0.25) is 0 Å². The van der Waals surface area contributed by atoms with Crippen molar-refractivity contribution in [2.45, 2.75) is 58.0 Å². The van der Waals surface area contributed by atoms with Gasteiger partial charge in [0, 0.05) is 18.6 Å². The molecular formula is C13H26N2. The second-order valence-corrected chi connectivity index (χ2v) is 5.42. The average molecular weight is 210 g/mol. The maximum atomic E-state index is 3.79. The minimum Gasteiger partial charge on any atom is -0.312 e. The molecule has 88 valence electrons. The number of nitrogens with one attached hydrogen (secondary N) is 1. The van der Waals surface area contributed by atoms with Crippen LogP contribution in [0, 0.1) is 5.92 Å². The molecule has 1 N–H and O–H groups in total. The fourth-order valence-corrected chi connectivity index (χ4v) is 2.98. The summed E-state index contributed by atoms with van der Waals surface area (Å²) in [6.45, 7) is 8.54. The van der Waals surface area contributed by atoms with E-state index in [2.05, 4.69) is 24.1 Å². The van der Waals surface area contributed by atoms with Crippen LogP contribution in [0.1, 0.15) is 46.0 Å². The first-order chi connectivity index (χ1) is 7.31. The zero-order valence-corrected chi connectivity index (χ0v) is 10.3. The van der Waals surface area contributed by atoms with Crippen LogP contribution >= 0.6 is 0 Å². The van der Waals surface area contributed by atoms with Gasteiger partial charge < -0.3 is 5.32 Å². The summed E-state index contributed by atoms with van der Waals surface area (Å²) in [5.74, 6) is 0.836. The van der Waals surface area contributed by atoms with Gasteiger partial charge in [0.1, 0.15) is 0 Å². The van der Waals surface area contributed by atoms with Crippen molar-refractivity contribution in [3.8, 4) is 0 Å². The Kier molecular flexibility index (Phi) is 4.04. The number of hydrogen-bond donors (Lipinski definition) is 1. The molecule has 0 saturated carbocycles. The van der Waals surface area contributed by atoms with Gasteiger partial charge in [-0.1, -0.05) is 26.7 Å². The molecule has 2 aliphatic heterocycles. The van der Waals surface area contributed by atoms with E-state index in [1.807, 2.05) is 0 Å². The first-order valence-corrected chi connectivity index (χ1v) is 6.78. The molecule has 2 rings (SSSR count). The molecule has 0 bridgehead atoms. The van der Waals surface area contributed by atoms with Crippen molar-refractivity contribution in [3.63, 3.8) is 0 Å². The molecule has 0 aromatic carbocycles. The lowest BCUT2D eigenvalue weighted by Gasteiger charge is -2.33. The number of hydrogen-bond acceptors (Lipinski definition) is 2. The van der Waals surface area contributed by atoms with E-state index in [1.165, 1.54) is 51.7 Å². The van der Waals surface area contributed by atoms with E-state index in [0.717, 1.165) is 18.0 Å².